The van der Waals surface area contributed by atoms with Crippen LogP contribution in [0.5, 0.6) is 0 Å². The van der Waals surface area contributed by atoms with Gasteiger partial charge in [-0.1, -0.05) is 13.0 Å². The molecule has 0 radical (unpaired) electrons. The smallest absolute Gasteiger partial charge is 0.265 e. The van der Waals surface area contributed by atoms with Gasteiger partial charge in [-0.25, -0.2) is 0 Å². The summed E-state index contributed by atoms with van der Waals surface area (Å²) in [5, 5.41) is 0. The third-order valence-corrected chi connectivity index (χ3v) is 5.53. The van der Waals surface area contributed by atoms with Crippen molar-refractivity contribution in [1.82, 2.24) is 0 Å². The van der Waals surface area contributed by atoms with Crippen molar-refractivity contribution in [2.24, 2.45) is 5.73 Å². The van der Waals surface area contributed by atoms with Gasteiger partial charge in [-0.2, -0.15) is 0 Å². The monoisotopic (exact) mass is 791 g/mol. The van der Waals surface area contributed by atoms with Crippen LogP contribution >= 0.6 is 7.82 Å². The first-order chi connectivity index (χ1) is 13.0. The van der Waals surface area contributed by atoms with E-state index in [-0.39, 0.29) is 85.8 Å². The maximum atomic E-state index is 12.4. The van der Waals surface area contributed by atoms with Crippen molar-refractivity contribution in [3.63, 3.8) is 0 Å². The maximum Gasteiger partial charge on any atom is 0.265 e. The Labute approximate surface area is 208 Å². The van der Waals surface area contributed by atoms with Crippen LogP contribution in [0.25, 0.3) is 0 Å². The van der Waals surface area contributed by atoms with Crippen molar-refractivity contribution < 1.29 is 79.6 Å². The average Bonchev–Trinajstić information content (AvgIpc) is 3.04. The Morgan fingerprint density at radius 3 is 2.27 bits per heavy atom. The van der Waals surface area contributed by atoms with Crippen LogP contribution < -0.4 is 10.6 Å². The first-order valence-corrected chi connectivity index (χ1v) is 11.3. The molecule has 30 heavy (non-hydrogen) atoms. The minimum atomic E-state index is -4.60. The van der Waals surface area contributed by atoms with E-state index in [4.69, 9.17) is 33.7 Å². The summed E-state index contributed by atoms with van der Waals surface area (Å²) in [4.78, 5) is 12.4. The summed E-state index contributed by atoms with van der Waals surface area (Å²) >= 11 is 0. The maximum absolute atomic E-state index is 12.4. The normalized spacial score (nSPS) is 35.9. The number of ether oxygens (including phenoxy) is 4. The van der Waals surface area contributed by atoms with E-state index in [9.17, 15) is 9.46 Å². The molecule has 12 heteroatoms. The minimum absolute atomic E-state index is 0. The van der Waals surface area contributed by atoms with Gasteiger partial charge in [0.15, 0.2) is 0 Å². The second-order valence-corrected chi connectivity index (χ2v) is 9.24. The molecule has 0 aromatic carbocycles. The van der Waals surface area contributed by atoms with E-state index in [1.165, 1.54) is 0 Å². The van der Waals surface area contributed by atoms with Gasteiger partial charge in [0.2, 0.25) is 0 Å². The van der Waals surface area contributed by atoms with E-state index in [1.807, 2.05) is 41.5 Å². The largest absolute Gasteiger partial charge is 0.756 e. The molecule has 2 aliphatic rings. The summed E-state index contributed by atoms with van der Waals surface area (Å²) in [5.41, 5.74) is 6.10. The fourth-order valence-corrected chi connectivity index (χ4v) is 4.14. The van der Waals surface area contributed by atoms with Crippen LogP contribution in [0, 0.1) is 6.42 Å². The van der Waals surface area contributed by atoms with Crippen molar-refractivity contribution in [2.45, 2.75) is 96.4 Å². The van der Waals surface area contributed by atoms with Crippen LogP contribution in [0.3, 0.4) is 0 Å². The average molecular weight is 791 g/mol. The number of phosphoric ester groups is 1. The first kappa shape index (κ1) is 31.3. The van der Waals surface area contributed by atoms with Crippen LogP contribution in [0.4, 0.5) is 0 Å². The molecule has 9 nitrogen and oxygen atoms in total. The molecule has 3 unspecified atom stereocenters. The molecular formula is C18H34NO8PW2-2. The number of hydrogen-bond donors (Lipinski definition) is 1. The van der Waals surface area contributed by atoms with Gasteiger partial charge in [-0.05, 0) is 40.7 Å². The predicted molar refractivity (Wildman–Crippen MR) is 100 cm³/mol. The molecule has 0 saturated carbocycles. The Balaban J connectivity index is 0.00000420. The zero-order valence-corrected chi connectivity index (χ0v) is 25.1. The van der Waals surface area contributed by atoms with Crippen molar-refractivity contribution in [3.8, 4) is 0 Å². The Morgan fingerprint density at radius 2 is 1.70 bits per heavy atom. The molecule has 0 spiro atoms. The fraction of sp³-hybridized carbons (Fsp3) is 0.944. The van der Waals surface area contributed by atoms with E-state index in [2.05, 4.69) is 0 Å². The molecule has 0 aliphatic carbocycles. The zero-order valence-electron chi connectivity index (χ0n) is 18.3. The molecule has 8 atom stereocenters. The topological polar surface area (TPSA) is 122 Å². The van der Waals surface area contributed by atoms with Crippen molar-refractivity contribution in [3.05, 3.63) is 6.42 Å². The first-order valence-electron chi connectivity index (χ1n) is 9.81. The summed E-state index contributed by atoms with van der Waals surface area (Å²) < 4.78 is 45.4. The molecule has 0 amide bonds. The summed E-state index contributed by atoms with van der Waals surface area (Å²) in [5.74, 6) is 0. The van der Waals surface area contributed by atoms with Gasteiger partial charge in [0, 0.05) is 42.1 Å². The van der Waals surface area contributed by atoms with Gasteiger partial charge in [0.25, 0.3) is 7.82 Å². The van der Waals surface area contributed by atoms with Gasteiger partial charge >= 0.3 is 0 Å². The second-order valence-electron chi connectivity index (χ2n) is 7.87. The second kappa shape index (κ2) is 13.9. The number of phosphoric acid groups is 1. The number of hydrogen-bond acceptors (Lipinski definition) is 9. The van der Waals surface area contributed by atoms with Crippen molar-refractivity contribution in [2.75, 3.05) is 13.2 Å². The van der Waals surface area contributed by atoms with E-state index < -0.39 is 32.2 Å². The Morgan fingerprint density at radius 1 is 1.07 bits per heavy atom. The summed E-state index contributed by atoms with van der Waals surface area (Å²) in [7, 11) is -4.60. The molecule has 2 saturated heterocycles. The molecule has 2 rings (SSSR count). The van der Waals surface area contributed by atoms with Crippen LogP contribution in [-0.2, 0) is 74.7 Å². The molecule has 0 aromatic rings. The molecule has 178 valence electrons. The number of nitrogens with two attached hydrogens (primary N) is 1. The summed E-state index contributed by atoms with van der Waals surface area (Å²) in [6.07, 6.45) is -1.25. The SMILES string of the molecule is CC(C)OC[C@H]1O[C@@H](C)[CH-][C@H]1OP(=O)([O-])OC[C@H]1O[C@@H](C)C(N)C1OC(C)C.[W].[W]. The van der Waals surface area contributed by atoms with E-state index in [0.29, 0.717) is 0 Å². The summed E-state index contributed by atoms with van der Waals surface area (Å²) in [6.45, 7) is 11.2. The molecule has 0 aromatic heterocycles. The molecule has 2 N–H and O–H groups in total. The fourth-order valence-electron chi connectivity index (χ4n) is 3.24. The van der Waals surface area contributed by atoms with Crippen LogP contribution in [0.2, 0.25) is 0 Å². The van der Waals surface area contributed by atoms with Gasteiger partial charge in [0.05, 0.1) is 43.7 Å². The zero-order chi connectivity index (χ0) is 21.1. The third-order valence-electron chi connectivity index (χ3n) is 4.56. The van der Waals surface area contributed by atoms with Crippen molar-refractivity contribution in [1.29, 1.82) is 0 Å². The van der Waals surface area contributed by atoms with Gasteiger partial charge in [0.1, 0.15) is 12.2 Å². The summed E-state index contributed by atoms with van der Waals surface area (Å²) in [6, 6.07) is -0.363. The molecular weight excluding hydrogens is 757 g/mol. The quantitative estimate of drug-likeness (QED) is 0.257. The van der Waals surface area contributed by atoms with Gasteiger partial charge in [-0.15, -0.1) is 0 Å². The van der Waals surface area contributed by atoms with Crippen LogP contribution in [0.1, 0.15) is 41.5 Å². The van der Waals surface area contributed by atoms with E-state index >= 15 is 0 Å². The predicted octanol–water partition coefficient (Wildman–Crippen LogP) is 1.18. The number of rotatable bonds is 10. The van der Waals surface area contributed by atoms with Gasteiger partial charge < -0.3 is 38.6 Å². The molecule has 2 fully saturated rings. The molecule has 0 bridgehead atoms. The minimum Gasteiger partial charge on any atom is -0.756 e. The third kappa shape index (κ3) is 9.65. The van der Waals surface area contributed by atoms with Crippen LogP contribution in [-0.4, -0.2) is 68.1 Å². The van der Waals surface area contributed by atoms with E-state index in [1.54, 1.807) is 6.42 Å². The van der Waals surface area contributed by atoms with E-state index in [0.717, 1.165) is 0 Å². The van der Waals surface area contributed by atoms with Gasteiger partial charge in [-0.3, -0.25) is 11.0 Å². The Kier molecular flexibility index (Phi) is 14.5. The Hall–Kier alpha value is 1.29. The standard InChI is InChI=1S/C18H35NO8P.2W/c1-10(2)22-8-15-14(7-12(5)25-15)27-28(20,21)23-9-16-18(24-11(3)4)17(19)13(6)26-16;;/h7,10-18H,8-9,19H2,1-6H3,(H,20,21);;/q-1;;/p-1/t12-,13-,14+,15+,16+,17?,18?;;/m0../s1. The molecule has 2 aliphatic heterocycles. The van der Waals surface area contributed by atoms with Crippen molar-refractivity contribution >= 4 is 7.82 Å². The molecule has 2 heterocycles. The Bertz CT molecular complexity index is 544. The van der Waals surface area contributed by atoms with Crippen LogP contribution in [0.15, 0.2) is 0 Å².